The first-order valence-corrected chi connectivity index (χ1v) is 6.99. The lowest BCUT2D eigenvalue weighted by Gasteiger charge is -2.05. The molecule has 0 saturated carbocycles. The van der Waals surface area contributed by atoms with Crippen LogP contribution in [0.3, 0.4) is 0 Å². The summed E-state index contributed by atoms with van der Waals surface area (Å²) < 4.78 is 14.8. The van der Waals surface area contributed by atoms with Crippen molar-refractivity contribution in [3.63, 3.8) is 0 Å². The minimum Gasteiger partial charge on any atom is -0.274 e. The van der Waals surface area contributed by atoms with Gasteiger partial charge in [0.1, 0.15) is 5.82 Å². The van der Waals surface area contributed by atoms with Crippen LogP contribution in [0.15, 0.2) is 24.3 Å². The zero-order valence-electron chi connectivity index (χ0n) is 11.7. The first-order valence-electron chi connectivity index (χ1n) is 6.99. The molecule has 1 aliphatic rings. The molecule has 0 aliphatic heterocycles. The molecule has 1 heterocycles. The minimum atomic E-state index is -0.337. The van der Waals surface area contributed by atoms with E-state index in [-0.39, 0.29) is 11.7 Å². The number of carbonyl (C=O) groups is 1. The summed E-state index contributed by atoms with van der Waals surface area (Å²) in [7, 11) is 0. The summed E-state index contributed by atoms with van der Waals surface area (Å²) in [6.45, 7) is 2.19. The molecule has 6 heteroatoms. The van der Waals surface area contributed by atoms with Crippen LogP contribution >= 0.6 is 0 Å². The Kier molecular flexibility index (Phi) is 3.70. The third kappa shape index (κ3) is 2.54. The molecule has 0 atom stereocenters. The third-order valence-corrected chi connectivity index (χ3v) is 3.53. The summed E-state index contributed by atoms with van der Waals surface area (Å²) in [4.78, 5) is 17.0. The van der Waals surface area contributed by atoms with E-state index < -0.39 is 0 Å². The van der Waals surface area contributed by atoms with Gasteiger partial charge in [0.15, 0.2) is 5.69 Å². The zero-order valence-corrected chi connectivity index (χ0v) is 11.7. The lowest BCUT2D eigenvalue weighted by Crippen LogP contribution is -2.25. The summed E-state index contributed by atoms with van der Waals surface area (Å²) in [5.74, 6) is -0.632. The van der Waals surface area contributed by atoms with E-state index >= 15 is 0 Å². The molecule has 21 heavy (non-hydrogen) atoms. The Bertz CT molecular complexity index is 664. The summed E-state index contributed by atoms with van der Waals surface area (Å²) >= 11 is 0. The molecule has 0 saturated heterocycles. The van der Waals surface area contributed by atoms with Gasteiger partial charge in [0.2, 0.25) is 0 Å². The molecule has 0 fully saturated rings. The van der Waals surface area contributed by atoms with Gasteiger partial charge >= 0.3 is 0 Å². The molecule has 110 valence electrons. The molecule has 1 aromatic carbocycles. The lowest BCUT2D eigenvalue weighted by atomic mass is 10.2. The van der Waals surface area contributed by atoms with Crippen LogP contribution in [-0.2, 0) is 17.7 Å². The van der Waals surface area contributed by atoms with Crippen molar-refractivity contribution in [2.24, 2.45) is 0 Å². The highest BCUT2D eigenvalue weighted by Gasteiger charge is 2.26. The van der Waals surface area contributed by atoms with Gasteiger partial charge in [0.05, 0.1) is 12.3 Å². The number of benzene rings is 1. The maximum atomic E-state index is 13.0. The number of amides is 1. The molecule has 1 N–H and O–H groups in total. The predicted molar refractivity (Wildman–Crippen MR) is 74.6 cm³/mol. The number of halogens is 1. The molecule has 2 aromatic rings. The maximum Gasteiger partial charge on any atom is 0.295 e. The summed E-state index contributed by atoms with van der Waals surface area (Å²) in [6.07, 6.45) is 2.68. The SMILES string of the molecule is CCONC(=O)c1nn(-c2ccc(F)cc2)c2c1CCC2. The molecule has 5 nitrogen and oxygen atoms in total. The van der Waals surface area contributed by atoms with Crippen LogP contribution < -0.4 is 5.48 Å². The van der Waals surface area contributed by atoms with E-state index in [1.54, 1.807) is 23.7 Å². The number of rotatable bonds is 4. The molecular weight excluding hydrogens is 273 g/mol. The first-order chi connectivity index (χ1) is 10.2. The Morgan fingerprint density at radius 2 is 2.14 bits per heavy atom. The van der Waals surface area contributed by atoms with Gasteiger partial charge in [-0.1, -0.05) is 0 Å². The fraction of sp³-hybridized carbons (Fsp3) is 0.333. The molecule has 1 aromatic heterocycles. The molecule has 0 bridgehead atoms. The van der Waals surface area contributed by atoms with Crippen molar-refractivity contribution in [3.8, 4) is 5.69 Å². The number of nitrogens with one attached hydrogen (secondary N) is 1. The fourth-order valence-corrected chi connectivity index (χ4v) is 2.60. The van der Waals surface area contributed by atoms with Crippen LogP contribution in [0.25, 0.3) is 5.69 Å². The Morgan fingerprint density at radius 1 is 1.38 bits per heavy atom. The number of hydrogen-bond donors (Lipinski definition) is 1. The third-order valence-electron chi connectivity index (χ3n) is 3.53. The Labute approximate surface area is 121 Å². The van der Waals surface area contributed by atoms with E-state index in [1.807, 2.05) is 0 Å². The molecule has 0 radical (unpaired) electrons. The maximum absolute atomic E-state index is 13.0. The van der Waals surface area contributed by atoms with E-state index in [0.29, 0.717) is 12.3 Å². The van der Waals surface area contributed by atoms with Gasteiger partial charge < -0.3 is 0 Å². The van der Waals surface area contributed by atoms with E-state index in [1.165, 1.54) is 12.1 Å². The monoisotopic (exact) mass is 289 g/mol. The van der Waals surface area contributed by atoms with Crippen molar-refractivity contribution in [1.82, 2.24) is 15.3 Å². The largest absolute Gasteiger partial charge is 0.295 e. The van der Waals surface area contributed by atoms with Crippen molar-refractivity contribution in [3.05, 3.63) is 47.0 Å². The highest BCUT2D eigenvalue weighted by atomic mass is 19.1. The van der Waals surface area contributed by atoms with Crippen LogP contribution in [0, 0.1) is 5.82 Å². The minimum absolute atomic E-state index is 0.295. The number of aromatic nitrogens is 2. The number of hydroxylamine groups is 1. The van der Waals surface area contributed by atoms with E-state index in [0.717, 1.165) is 36.2 Å². The average molecular weight is 289 g/mol. The van der Waals surface area contributed by atoms with Crippen LogP contribution in [0.1, 0.15) is 35.1 Å². The molecule has 1 amide bonds. The second-order valence-electron chi connectivity index (χ2n) is 4.88. The summed E-state index contributed by atoms with van der Waals surface area (Å²) in [6, 6.07) is 6.09. The van der Waals surface area contributed by atoms with E-state index in [4.69, 9.17) is 4.84 Å². The highest BCUT2D eigenvalue weighted by molar-refractivity contribution is 5.93. The van der Waals surface area contributed by atoms with Crippen molar-refractivity contribution < 1.29 is 14.0 Å². The quantitative estimate of drug-likeness (QED) is 0.878. The lowest BCUT2D eigenvalue weighted by molar-refractivity contribution is 0.0359. The van der Waals surface area contributed by atoms with Crippen LogP contribution in [0.4, 0.5) is 4.39 Å². The molecule has 0 spiro atoms. The normalized spacial score (nSPS) is 13.2. The van der Waals surface area contributed by atoms with Gasteiger partial charge in [-0.05, 0) is 50.5 Å². The van der Waals surface area contributed by atoms with Gasteiger partial charge in [-0.2, -0.15) is 5.10 Å². The topological polar surface area (TPSA) is 56.1 Å². The second-order valence-corrected chi connectivity index (χ2v) is 4.88. The van der Waals surface area contributed by atoms with Crippen LogP contribution in [0.5, 0.6) is 0 Å². The summed E-state index contributed by atoms with van der Waals surface area (Å²) in [5, 5.41) is 4.39. The van der Waals surface area contributed by atoms with Gasteiger partial charge in [0.25, 0.3) is 5.91 Å². The van der Waals surface area contributed by atoms with Crippen molar-refractivity contribution in [1.29, 1.82) is 0 Å². The number of hydrogen-bond acceptors (Lipinski definition) is 3. The standard InChI is InChI=1S/C15H16FN3O2/c1-2-21-18-15(20)14-12-4-3-5-13(12)19(17-14)11-8-6-10(16)7-9-11/h6-9H,2-5H2,1H3,(H,18,20). The summed E-state index contributed by atoms with van der Waals surface area (Å²) in [5.41, 5.74) is 5.49. The van der Waals surface area contributed by atoms with Gasteiger partial charge in [0, 0.05) is 11.3 Å². The molecular formula is C15H16FN3O2. The predicted octanol–water partition coefficient (Wildman–Crippen LogP) is 2.18. The van der Waals surface area contributed by atoms with Crippen LogP contribution in [-0.4, -0.2) is 22.3 Å². The van der Waals surface area contributed by atoms with E-state index in [2.05, 4.69) is 10.6 Å². The molecule has 3 rings (SSSR count). The number of fused-ring (bicyclic) bond motifs is 1. The Morgan fingerprint density at radius 3 is 2.86 bits per heavy atom. The zero-order chi connectivity index (χ0) is 14.8. The van der Waals surface area contributed by atoms with Crippen LogP contribution in [0.2, 0.25) is 0 Å². The first kappa shape index (κ1) is 13.8. The van der Waals surface area contributed by atoms with Gasteiger partial charge in [-0.3, -0.25) is 9.63 Å². The smallest absolute Gasteiger partial charge is 0.274 e. The average Bonchev–Trinajstić information content (AvgIpc) is 3.08. The fourth-order valence-electron chi connectivity index (χ4n) is 2.60. The Balaban J connectivity index is 1.99. The Hall–Kier alpha value is -2.21. The van der Waals surface area contributed by atoms with Crippen molar-refractivity contribution in [2.45, 2.75) is 26.2 Å². The molecule has 1 aliphatic carbocycles. The van der Waals surface area contributed by atoms with Gasteiger partial charge in [-0.25, -0.2) is 14.6 Å². The van der Waals surface area contributed by atoms with E-state index in [9.17, 15) is 9.18 Å². The second kappa shape index (κ2) is 5.65. The van der Waals surface area contributed by atoms with Crippen molar-refractivity contribution in [2.75, 3.05) is 6.61 Å². The van der Waals surface area contributed by atoms with Gasteiger partial charge in [-0.15, -0.1) is 0 Å². The number of nitrogens with zero attached hydrogens (tertiary/aromatic N) is 2. The number of carbonyl (C=O) groups excluding carboxylic acids is 1. The molecule has 0 unspecified atom stereocenters. The highest BCUT2D eigenvalue weighted by Crippen LogP contribution is 2.27. The van der Waals surface area contributed by atoms with Crippen molar-refractivity contribution >= 4 is 5.91 Å².